The van der Waals surface area contributed by atoms with Crippen LogP contribution < -0.4 is 15.6 Å². The van der Waals surface area contributed by atoms with Gasteiger partial charge in [-0.1, -0.05) is 29.5 Å². The summed E-state index contributed by atoms with van der Waals surface area (Å²) < 4.78 is 39.9. The first kappa shape index (κ1) is 21.5. The van der Waals surface area contributed by atoms with Gasteiger partial charge in [-0.25, -0.2) is 22.9 Å². The number of fused-ring (bicyclic) bond motifs is 1. The zero-order valence-electron chi connectivity index (χ0n) is 16.4. The molecule has 3 aromatic heterocycles. The molecule has 2 amide bonds. The number of nitrogens with one attached hydrogen (secondary N) is 2. The number of sulfonamides is 1. The normalized spacial score (nSPS) is 11.4. The Hall–Kier alpha value is -3.77. The molecule has 4 aromatic rings. The lowest BCUT2D eigenvalue weighted by Gasteiger charge is -2.14. The smallest absolute Gasteiger partial charge is 0.333 e. The number of thiophene rings is 1. The van der Waals surface area contributed by atoms with E-state index < -0.39 is 21.2 Å². The first-order chi connectivity index (χ1) is 15.2. The molecule has 0 radical (unpaired) electrons. The minimum Gasteiger partial charge on any atom is -0.505 e. The lowest BCUT2D eigenvalue weighted by molar-refractivity contribution is 0.256. The predicted octanol–water partition coefficient (Wildman–Crippen LogP) is 3.11. The van der Waals surface area contributed by atoms with Crippen LogP contribution in [0.1, 0.15) is 5.69 Å². The number of benzene rings is 1. The van der Waals surface area contributed by atoms with Crippen molar-refractivity contribution < 1.29 is 22.7 Å². The molecule has 12 heteroatoms. The molecule has 32 heavy (non-hydrogen) atoms. The summed E-state index contributed by atoms with van der Waals surface area (Å²) in [6, 6.07) is 10.4. The van der Waals surface area contributed by atoms with Gasteiger partial charge in [0, 0.05) is 5.39 Å². The number of aromatic hydroxyl groups is 1. The summed E-state index contributed by atoms with van der Waals surface area (Å²) in [5, 5.41) is 12.8. The van der Waals surface area contributed by atoms with Crippen molar-refractivity contribution in [2.75, 3.05) is 5.32 Å². The third kappa shape index (κ3) is 3.92. The molecular weight excluding hydrogens is 459 g/mol. The molecule has 4 rings (SSSR count). The fraction of sp³-hybridized carbons (Fsp3) is 0.0500. The minimum absolute atomic E-state index is 0.0567. The number of hydrogen-bond donors (Lipinski definition) is 3. The van der Waals surface area contributed by atoms with Crippen molar-refractivity contribution in [1.82, 2.24) is 14.3 Å². The molecule has 0 aliphatic heterocycles. The summed E-state index contributed by atoms with van der Waals surface area (Å²) in [5.41, 5.74) is 0.0552. The summed E-state index contributed by atoms with van der Waals surface area (Å²) in [7, 11) is -4.22. The molecule has 0 saturated heterocycles. The first-order valence-corrected chi connectivity index (χ1v) is 11.4. The van der Waals surface area contributed by atoms with Crippen molar-refractivity contribution in [3.63, 3.8) is 0 Å². The summed E-state index contributed by atoms with van der Waals surface area (Å²) in [6.45, 7) is 1.57. The summed E-state index contributed by atoms with van der Waals surface area (Å²) in [4.78, 5) is 29.1. The Kier molecular flexibility index (Phi) is 5.40. The monoisotopic (exact) mass is 474 g/mol. The highest BCUT2D eigenvalue weighted by atomic mass is 32.2. The van der Waals surface area contributed by atoms with E-state index in [1.807, 2.05) is 0 Å². The highest BCUT2D eigenvalue weighted by Gasteiger charge is 2.20. The fourth-order valence-corrected chi connectivity index (χ4v) is 5.00. The number of aromatic nitrogens is 2. The Bertz CT molecular complexity index is 1510. The lowest BCUT2D eigenvalue weighted by atomic mass is 10.1. The van der Waals surface area contributed by atoms with Gasteiger partial charge in [0.05, 0.1) is 23.0 Å². The number of nitrogens with zero attached hydrogens (tertiary/aromatic N) is 2. The van der Waals surface area contributed by atoms with E-state index >= 15 is 0 Å². The van der Waals surface area contributed by atoms with Crippen molar-refractivity contribution in [3.05, 3.63) is 75.9 Å². The average Bonchev–Trinajstić information content (AvgIpc) is 3.20. The third-order valence-electron chi connectivity index (χ3n) is 4.57. The molecule has 0 atom stereocenters. The summed E-state index contributed by atoms with van der Waals surface area (Å²) >= 11 is 0.385. The van der Waals surface area contributed by atoms with Crippen LogP contribution in [0.15, 0.2) is 63.7 Å². The van der Waals surface area contributed by atoms with Gasteiger partial charge in [0.2, 0.25) is 0 Å². The Morgan fingerprint density at radius 3 is 2.47 bits per heavy atom. The van der Waals surface area contributed by atoms with Gasteiger partial charge >= 0.3 is 6.03 Å². The number of anilines is 1. The fourth-order valence-electron chi connectivity index (χ4n) is 3.09. The van der Waals surface area contributed by atoms with E-state index in [0.29, 0.717) is 22.1 Å². The Labute approximate surface area is 184 Å². The molecule has 164 valence electrons. The quantitative estimate of drug-likeness (QED) is 0.417. The number of urea groups is 1. The number of carbonyl (C=O) groups excluding carboxylic acids is 1. The second kappa shape index (κ2) is 8.05. The zero-order valence-corrected chi connectivity index (χ0v) is 18.0. The number of pyridine rings is 2. The van der Waals surface area contributed by atoms with E-state index in [4.69, 9.17) is 0 Å². The third-order valence-corrected chi connectivity index (χ3v) is 7.27. The van der Waals surface area contributed by atoms with E-state index in [2.05, 4.69) is 10.3 Å². The Morgan fingerprint density at radius 1 is 1.12 bits per heavy atom. The zero-order chi connectivity index (χ0) is 23.0. The molecule has 0 saturated carbocycles. The number of amides is 2. The van der Waals surface area contributed by atoms with Crippen LogP contribution in [-0.2, 0) is 10.0 Å². The van der Waals surface area contributed by atoms with Crippen LogP contribution in [-0.4, -0.2) is 29.1 Å². The molecule has 0 spiro atoms. The molecule has 0 fully saturated rings. The van der Waals surface area contributed by atoms with E-state index in [-0.39, 0.29) is 32.7 Å². The summed E-state index contributed by atoms with van der Waals surface area (Å²) in [6.07, 6.45) is 1.23. The highest BCUT2D eigenvalue weighted by Crippen LogP contribution is 2.27. The van der Waals surface area contributed by atoms with Gasteiger partial charge in [-0.15, -0.1) is 0 Å². The van der Waals surface area contributed by atoms with Crippen LogP contribution in [0, 0.1) is 12.1 Å². The van der Waals surface area contributed by atoms with Gasteiger partial charge in [0.15, 0.2) is 5.13 Å². The lowest BCUT2D eigenvalue weighted by Crippen LogP contribution is -2.34. The Morgan fingerprint density at radius 2 is 1.84 bits per heavy atom. The van der Waals surface area contributed by atoms with Gasteiger partial charge in [0.1, 0.15) is 15.8 Å². The van der Waals surface area contributed by atoms with Crippen LogP contribution in [0.2, 0.25) is 0 Å². The maximum absolute atomic E-state index is 13.1. The maximum Gasteiger partial charge on any atom is 0.333 e. The van der Waals surface area contributed by atoms with Gasteiger partial charge in [0.25, 0.3) is 15.6 Å². The predicted molar refractivity (Wildman–Crippen MR) is 117 cm³/mol. The molecule has 3 N–H and O–H groups in total. The van der Waals surface area contributed by atoms with Crippen LogP contribution in [0.25, 0.3) is 16.6 Å². The molecule has 1 aromatic carbocycles. The van der Waals surface area contributed by atoms with Gasteiger partial charge in [-0.2, -0.15) is 4.39 Å². The van der Waals surface area contributed by atoms with Crippen LogP contribution in [0.4, 0.5) is 14.9 Å². The van der Waals surface area contributed by atoms with Crippen molar-refractivity contribution in [2.45, 2.75) is 11.1 Å². The van der Waals surface area contributed by atoms with Crippen molar-refractivity contribution in [3.8, 4) is 11.6 Å². The number of halogens is 1. The Balaban J connectivity index is 1.58. The minimum atomic E-state index is -4.22. The second-order valence-corrected chi connectivity index (χ2v) is 9.59. The van der Waals surface area contributed by atoms with Crippen LogP contribution >= 0.6 is 11.3 Å². The van der Waals surface area contributed by atoms with Gasteiger partial charge in [-0.3, -0.25) is 9.36 Å². The van der Waals surface area contributed by atoms with Crippen molar-refractivity contribution in [2.24, 2.45) is 0 Å². The maximum atomic E-state index is 13.1. The van der Waals surface area contributed by atoms with E-state index in [0.717, 1.165) is 12.1 Å². The van der Waals surface area contributed by atoms with E-state index in [9.17, 15) is 27.5 Å². The van der Waals surface area contributed by atoms with Gasteiger partial charge in [-0.05, 0) is 37.3 Å². The molecule has 0 bridgehead atoms. The average molecular weight is 474 g/mol. The molecule has 0 aliphatic rings. The van der Waals surface area contributed by atoms with Crippen molar-refractivity contribution in [1.29, 1.82) is 0 Å². The van der Waals surface area contributed by atoms with Gasteiger partial charge < -0.3 is 10.4 Å². The number of carbonyl (C=O) groups is 1. The molecule has 3 heterocycles. The highest BCUT2D eigenvalue weighted by molar-refractivity contribution is 7.92. The van der Waals surface area contributed by atoms with Crippen molar-refractivity contribution >= 4 is 43.9 Å². The molecule has 0 unspecified atom stereocenters. The molecule has 0 aliphatic carbocycles. The van der Waals surface area contributed by atoms with E-state index in [1.165, 1.54) is 22.9 Å². The summed E-state index contributed by atoms with van der Waals surface area (Å²) in [5.74, 6) is 0.139. The number of hydrogen-bond acceptors (Lipinski definition) is 7. The molecular formula is C20H15FN4O5S2. The second-order valence-electron chi connectivity index (χ2n) is 6.64. The SMILES string of the molecule is Cc1c(O)c2ccccc2c(=O)n1-c1ccc(NC(=O)NS(=O)(=O)c2ccc(F)s2)cn1. The topological polar surface area (TPSA) is 130 Å². The number of rotatable bonds is 4. The van der Waals surface area contributed by atoms with Crippen LogP contribution in [0.3, 0.4) is 0 Å². The van der Waals surface area contributed by atoms with Crippen LogP contribution in [0.5, 0.6) is 5.75 Å². The standard InChI is InChI=1S/C20H15FN4O5S2/c1-11-18(26)13-4-2-3-5-14(13)19(27)25(11)16-8-6-12(10-22-16)23-20(28)24-32(29,30)17-9-7-15(21)31-17/h2-10,26H,1H3,(H2,23,24,28). The largest absolute Gasteiger partial charge is 0.505 e. The molecule has 9 nitrogen and oxygen atoms in total. The first-order valence-electron chi connectivity index (χ1n) is 9.06. The van der Waals surface area contributed by atoms with E-state index in [1.54, 1.807) is 35.9 Å².